The van der Waals surface area contributed by atoms with E-state index in [1.807, 2.05) is 0 Å². The lowest BCUT2D eigenvalue weighted by Gasteiger charge is -2.20. The molecule has 88 valence electrons. The third-order valence-electron chi connectivity index (χ3n) is 3.79. The van der Waals surface area contributed by atoms with Gasteiger partial charge in [0.05, 0.1) is 0 Å². The van der Waals surface area contributed by atoms with E-state index in [1.165, 1.54) is 19.3 Å². The molecule has 1 saturated carbocycles. The molecule has 0 saturated heterocycles. The Hall–Kier alpha value is -0.570. The molecule has 1 aliphatic rings. The zero-order chi connectivity index (χ0) is 11.3. The maximum absolute atomic E-state index is 11.0. The van der Waals surface area contributed by atoms with E-state index < -0.39 is 0 Å². The molecular weight excluding hydrogens is 188 g/mol. The van der Waals surface area contributed by atoms with Crippen LogP contribution in [0.4, 0.5) is 0 Å². The Labute approximate surface area is 93.0 Å². The molecule has 15 heavy (non-hydrogen) atoms. The minimum Gasteiger partial charge on any atom is -0.359 e. The number of hydrogen-bond acceptors (Lipinski definition) is 2. The van der Waals surface area contributed by atoms with Gasteiger partial charge in [-0.1, -0.05) is 20.3 Å². The summed E-state index contributed by atoms with van der Waals surface area (Å²) < 4.78 is 0. The molecule has 0 aromatic carbocycles. The first kappa shape index (κ1) is 12.5. The highest BCUT2D eigenvalue weighted by Gasteiger charge is 2.30. The van der Waals surface area contributed by atoms with E-state index >= 15 is 0 Å². The van der Waals surface area contributed by atoms with Crippen molar-refractivity contribution in [3.8, 4) is 0 Å². The molecule has 3 nitrogen and oxygen atoms in total. The van der Waals surface area contributed by atoms with Crippen molar-refractivity contribution < 1.29 is 4.79 Å². The van der Waals surface area contributed by atoms with E-state index in [9.17, 15) is 4.79 Å². The number of rotatable bonds is 5. The van der Waals surface area contributed by atoms with Gasteiger partial charge in [0.2, 0.25) is 5.91 Å². The molecule has 0 aromatic rings. The first-order chi connectivity index (χ1) is 7.19. The SMILES string of the molecule is CCC1CCC(NCCC(=O)NC)C1C. The molecule has 0 spiro atoms. The van der Waals surface area contributed by atoms with E-state index in [2.05, 4.69) is 24.5 Å². The summed E-state index contributed by atoms with van der Waals surface area (Å²) in [6.07, 6.45) is 4.49. The molecule has 1 fully saturated rings. The van der Waals surface area contributed by atoms with Crippen molar-refractivity contribution in [2.45, 2.75) is 45.6 Å². The van der Waals surface area contributed by atoms with Crippen molar-refractivity contribution in [2.24, 2.45) is 11.8 Å². The average molecular weight is 212 g/mol. The summed E-state index contributed by atoms with van der Waals surface area (Å²) in [5.41, 5.74) is 0. The second kappa shape index (κ2) is 6.11. The van der Waals surface area contributed by atoms with Gasteiger partial charge in [-0.3, -0.25) is 4.79 Å². The van der Waals surface area contributed by atoms with Crippen LogP contribution >= 0.6 is 0 Å². The molecule has 3 atom stereocenters. The van der Waals surface area contributed by atoms with Crippen LogP contribution in [0.3, 0.4) is 0 Å². The van der Waals surface area contributed by atoms with E-state index in [0.29, 0.717) is 12.5 Å². The highest BCUT2D eigenvalue weighted by atomic mass is 16.1. The average Bonchev–Trinajstić information content (AvgIpc) is 2.60. The fourth-order valence-electron chi connectivity index (χ4n) is 2.61. The molecule has 0 heterocycles. The van der Waals surface area contributed by atoms with Crippen LogP contribution in [0, 0.1) is 11.8 Å². The minimum atomic E-state index is 0.125. The maximum Gasteiger partial charge on any atom is 0.221 e. The summed E-state index contributed by atoms with van der Waals surface area (Å²) in [4.78, 5) is 11.0. The molecule has 0 radical (unpaired) electrons. The summed E-state index contributed by atoms with van der Waals surface area (Å²) >= 11 is 0. The highest BCUT2D eigenvalue weighted by molar-refractivity contribution is 5.75. The minimum absolute atomic E-state index is 0.125. The van der Waals surface area contributed by atoms with Crippen molar-refractivity contribution in [2.75, 3.05) is 13.6 Å². The van der Waals surface area contributed by atoms with Crippen molar-refractivity contribution in [1.29, 1.82) is 0 Å². The topological polar surface area (TPSA) is 41.1 Å². The van der Waals surface area contributed by atoms with Gasteiger partial charge in [0.25, 0.3) is 0 Å². The van der Waals surface area contributed by atoms with Crippen LogP contribution < -0.4 is 10.6 Å². The third kappa shape index (κ3) is 3.49. The summed E-state index contributed by atoms with van der Waals surface area (Å²) in [6.45, 7) is 5.41. The number of nitrogens with one attached hydrogen (secondary N) is 2. The van der Waals surface area contributed by atoms with Crippen molar-refractivity contribution in [3.05, 3.63) is 0 Å². The second-order valence-corrected chi connectivity index (χ2v) is 4.59. The van der Waals surface area contributed by atoms with Gasteiger partial charge in [-0.05, 0) is 24.7 Å². The first-order valence-electron chi connectivity index (χ1n) is 6.13. The van der Waals surface area contributed by atoms with Gasteiger partial charge in [0, 0.05) is 26.1 Å². The van der Waals surface area contributed by atoms with Crippen LogP contribution in [0.5, 0.6) is 0 Å². The lowest BCUT2D eigenvalue weighted by Crippen LogP contribution is -2.35. The Morgan fingerprint density at radius 1 is 1.40 bits per heavy atom. The standard InChI is InChI=1S/C12H24N2O/c1-4-10-5-6-11(9(10)2)14-8-7-12(15)13-3/h9-11,14H,4-8H2,1-3H3,(H,13,15). The Balaban J connectivity index is 2.20. The van der Waals surface area contributed by atoms with Crippen molar-refractivity contribution in [1.82, 2.24) is 10.6 Å². The molecule has 2 N–H and O–H groups in total. The summed E-state index contributed by atoms with van der Waals surface area (Å²) in [6, 6.07) is 0.625. The van der Waals surface area contributed by atoms with E-state index in [-0.39, 0.29) is 5.91 Å². The van der Waals surface area contributed by atoms with Gasteiger partial charge in [0.15, 0.2) is 0 Å². The van der Waals surface area contributed by atoms with Crippen molar-refractivity contribution in [3.63, 3.8) is 0 Å². The first-order valence-corrected chi connectivity index (χ1v) is 6.13. The summed E-state index contributed by atoms with van der Waals surface area (Å²) in [7, 11) is 1.69. The summed E-state index contributed by atoms with van der Waals surface area (Å²) in [5.74, 6) is 1.77. The van der Waals surface area contributed by atoms with Gasteiger partial charge in [0.1, 0.15) is 0 Å². The van der Waals surface area contributed by atoms with Crippen LogP contribution in [0.2, 0.25) is 0 Å². The number of carbonyl (C=O) groups is 1. The fourth-order valence-corrected chi connectivity index (χ4v) is 2.61. The molecule has 1 aliphatic carbocycles. The van der Waals surface area contributed by atoms with Crippen LogP contribution in [0.25, 0.3) is 0 Å². The largest absolute Gasteiger partial charge is 0.359 e. The number of amides is 1. The summed E-state index contributed by atoms with van der Waals surface area (Å²) in [5, 5.41) is 6.14. The molecule has 0 bridgehead atoms. The Morgan fingerprint density at radius 3 is 2.67 bits per heavy atom. The van der Waals surface area contributed by atoms with Crippen LogP contribution in [0.1, 0.15) is 39.5 Å². The molecule has 3 heteroatoms. The molecule has 0 aromatic heterocycles. The van der Waals surface area contributed by atoms with Gasteiger partial charge in [-0.25, -0.2) is 0 Å². The predicted molar refractivity (Wildman–Crippen MR) is 62.7 cm³/mol. The van der Waals surface area contributed by atoms with Crippen LogP contribution in [-0.4, -0.2) is 25.5 Å². The monoisotopic (exact) mass is 212 g/mol. The quantitative estimate of drug-likeness (QED) is 0.726. The van der Waals surface area contributed by atoms with E-state index in [0.717, 1.165) is 18.4 Å². The normalized spacial score (nSPS) is 30.5. The molecule has 1 amide bonds. The van der Waals surface area contributed by atoms with E-state index in [4.69, 9.17) is 0 Å². The molecule has 3 unspecified atom stereocenters. The van der Waals surface area contributed by atoms with Gasteiger partial charge in [-0.15, -0.1) is 0 Å². The zero-order valence-electron chi connectivity index (χ0n) is 10.2. The predicted octanol–water partition coefficient (Wildman–Crippen LogP) is 1.54. The fraction of sp³-hybridized carbons (Fsp3) is 0.917. The smallest absolute Gasteiger partial charge is 0.221 e. The number of carbonyl (C=O) groups excluding carboxylic acids is 1. The van der Waals surface area contributed by atoms with Crippen molar-refractivity contribution >= 4 is 5.91 Å². The van der Waals surface area contributed by atoms with Crippen LogP contribution in [-0.2, 0) is 4.79 Å². The Kier molecular flexibility index (Phi) is 5.09. The zero-order valence-corrected chi connectivity index (χ0v) is 10.2. The maximum atomic E-state index is 11.0. The molecule has 1 rings (SSSR count). The molecular formula is C12H24N2O. The van der Waals surface area contributed by atoms with Gasteiger partial charge in [-0.2, -0.15) is 0 Å². The second-order valence-electron chi connectivity index (χ2n) is 4.59. The van der Waals surface area contributed by atoms with Gasteiger partial charge >= 0.3 is 0 Å². The lowest BCUT2D eigenvalue weighted by atomic mass is 9.93. The Bertz CT molecular complexity index is 206. The third-order valence-corrected chi connectivity index (χ3v) is 3.79. The van der Waals surface area contributed by atoms with E-state index in [1.54, 1.807) is 7.05 Å². The lowest BCUT2D eigenvalue weighted by molar-refractivity contribution is -0.120. The van der Waals surface area contributed by atoms with Crippen LogP contribution in [0.15, 0.2) is 0 Å². The Morgan fingerprint density at radius 2 is 2.13 bits per heavy atom. The highest BCUT2D eigenvalue weighted by Crippen LogP contribution is 2.33. The van der Waals surface area contributed by atoms with Gasteiger partial charge < -0.3 is 10.6 Å². The molecule has 0 aliphatic heterocycles. The number of hydrogen-bond donors (Lipinski definition) is 2.